The number of imide groups is 4. The van der Waals surface area contributed by atoms with Crippen LogP contribution in [0, 0.1) is 0 Å². The molecule has 5 heterocycles. The Morgan fingerprint density at radius 1 is 0.357 bits per heavy atom. The van der Waals surface area contributed by atoms with Crippen LogP contribution >= 0.6 is 47.0 Å². The van der Waals surface area contributed by atoms with E-state index in [1.807, 2.05) is 6.92 Å². The molecule has 12 amide bonds. The van der Waals surface area contributed by atoms with E-state index < -0.39 is 30.7 Å². The Hall–Kier alpha value is -5.44. The minimum atomic E-state index is -0.810. The molecule has 0 saturated carbocycles. The number of nitrogens with one attached hydrogen (secondary N) is 4. The molecular formula is C68H104N8O18S4. The van der Waals surface area contributed by atoms with Crippen LogP contribution in [0.5, 0.6) is 0 Å². The van der Waals surface area contributed by atoms with E-state index in [0.29, 0.717) is 185 Å². The van der Waals surface area contributed by atoms with E-state index >= 15 is 0 Å². The topological polar surface area (TPSA) is 321 Å². The Balaban J connectivity index is 1.08. The second kappa shape index (κ2) is 50.8. The van der Waals surface area contributed by atoms with Crippen molar-refractivity contribution < 1.29 is 86.0 Å². The molecule has 1 fully saturated rings. The molecule has 0 aromatic rings. The van der Waals surface area contributed by atoms with Gasteiger partial charge in [-0.05, 0) is 107 Å². The van der Waals surface area contributed by atoms with Crippen molar-refractivity contribution in [3.63, 3.8) is 0 Å². The molecule has 0 aromatic heterocycles. The van der Waals surface area contributed by atoms with Crippen LogP contribution < -0.4 is 21.3 Å². The van der Waals surface area contributed by atoms with Gasteiger partial charge in [0.1, 0.15) is 24.4 Å². The van der Waals surface area contributed by atoms with Gasteiger partial charge in [-0.3, -0.25) is 77.1 Å². The molecule has 98 heavy (non-hydrogen) atoms. The Morgan fingerprint density at radius 3 is 0.949 bits per heavy atom. The summed E-state index contributed by atoms with van der Waals surface area (Å²) in [5.74, 6) is 3.26. The third kappa shape index (κ3) is 33.8. The number of nitrogens with zero attached hydrogens (tertiary/aromatic N) is 4. The second-order valence-corrected chi connectivity index (χ2v) is 28.6. The summed E-state index contributed by atoms with van der Waals surface area (Å²) in [6.07, 6.45) is 19.5. The number of rotatable bonds is 59. The van der Waals surface area contributed by atoms with Gasteiger partial charge in [0, 0.05) is 156 Å². The number of amides is 12. The van der Waals surface area contributed by atoms with E-state index in [9.17, 15) is 57.5 Å². The minimum absolute atomic E-state index is 0.0286. The predicted molar refractivity (Wildman–Crippen MR) is 377 cm³/mol. The fourth-order valence-electron chi connectivity index (χ4n) is 10.8. The average molecular weight is 1450 g/mol. The fraction of sp³-hybridized carbons (Fsp3) is 0.706. The molecule has 5 aliphatic heterocycles. The van der Waals surface area contributed by atoms with Gasteiger partial charge < -0.3 is 49.7 Å². The number of ether oxygens (including phenoxy) is 6. The van der Waals surface area contributed by atoms with Crippen LogP contribution in [0.1, 0.15) is 135 Å². The summed E-state index contributed by atoms with van der Waals surface area (Å²) < 4.78 is 39.6. The van der Waals surface area contributed by atoms with Gasteiger partial charge in [-0.25, -0.2) is 0 Å². The van der Waals surface area contributed by atoms with Gasteiger partial charge in [0.25, 0.3) is 47.3 Å². The molecule has 26 nitrogen and oxygen atoms in total. The Kier molecular flexibility index (Phi) is 43.2. The number of carbonyl (C=O) groups excluding carboxylic acids is 12. The van der Waals surface area contributed by atoms with E-state index in [2.05, 4.69) is 21.3 Å². The highest BCUT2D eigenvalue weighted by Crippen LogP contribution is 2.31. The van der Waals surface area contributed by atoms with Crippen LogP contribution in [0.2, 0.25) is 0 Å². The molecule has 5 aliphatic rings. The highest BCUT2D eigenvalue weighted by molar-refractivity contribution is 7.99. The van der Waals surface area contributed by atoms with Crippen LogP contribution in [0.4, 0.5) is 0 Å². The molecule has 30 heteroatoms. The summed E-state index contributed by atoms with van der Waals surface area (Å²) in [5.41, 5.74) is 0. The lowest BCUT2D eigenvalue weighted by atomic mass is 9.98. The van der Waals surface area contributed by atoms with Crippen molar-refractivity contribution in [1.29, 1.82) is 0 Å². The van der Waals surface area contributed by atoms with E-state index in [4.69, 9.17) is 28.4 Å². The van der Waals surface area contributed by atoms with Gasteiger partial charge in [-0.1, -0.05) is 25.7 Å². The maximum Gasteiger partial charge on any atom is 0.253 e. The SMILES string of the molecule is CCO[C@H]1O[C@H](COCCSCCCNC(=O)CCCCCN2C(=O)C=CC2=O)[C@H](OCCSCCCNC(=O)CCCCCN2C(=O)C=CC2=O)[C@H](OCCSCCCNC(=O)CCCCCN2C(=O)C=CC2=O)[C@H]1OCCSCCCNC(=O)CCCCCN1C(=O)C=CC1=O. The molecule has 5 rings (SSSR count). The van der Waals surface area contributed by atoms with Crippen LogP contribution in [0.15, 0.2) is 48.6 Å². The molecule has 0 bridgehead atoms. The highest BCUT2D eigenvalue weighted by Gasteiger charge is 2.49. The van der Waals surface area contributed by atoms with Gasteiger partial charge in [0.2, 0.25) is 23.6 Å². The molecule has 0 spiro atoms. The normalized spacial score (nSPS) is 19.1. The lowest BCUT2D eigenvalue weighted by Gasteiger charge is -2.45. The third-order valence-electron chi connectivity index (χ3n) is 16.1. The van der Waals surface area contributed by atoms with E-state index in [-0.39, 0.29) is 77.5 Å². The van der Waals surface area contributed by atoms with Crippen LogP contribution in [-0.2, 0) is 86.0 Å². The second-order valence-electron chi connectivity index (χ2n) is 23.7. The molecule has 0 aliphatic carbocycles. The Bertz CT molecular complexity index is 2600. The van der Waals surface area contributed by atoms with Gasteiger partial charge >= 0.3 is 0 Å². The van der Waals surface area contributed by atoms with Crippen molar-refractivity contribution in [3.8, 4) is 0 Å². The van der Waals surface area contributed by atoms with Crippen molar-refractivity contribution in [3.05, 3.63) is 48.6 Å². The van der Waals surface area contributed by atoms with Gasteiger partial charge in [-0.2, -0.15) is 47.0 Å². The molecule has 5 atom stereocenters. The smallest absolute Gasteiger partial charge is 0.253 e. The minimum Gasteiger partial charge on any atom is -0.378 e. The quantitative estimate of drug-likeness (QED) is 0.0468. The van der Waals surface area contributed by atoms with Crippen molar-refractivity contribution in [1.82, 2.24) is 40.9 Å². The van der Waals surface area contributed by atoms with Crippen LogP contribution in [0.3, 0.4) is 0 Å². The maximum atomic E-state index is 12.6. The third-order valence-corrected chi connectivity index (χ3v) is 20.2. The van der Waals surface area contributed by atoms with Crippen molar-refractivity contribution in [2.24, 2.45) is 0 Å². The summed E-state index contributed by atoms with van der Waals surface area (Å²) in [4.78, 5) is 149. The number of carbonyl (C=O) groups is 12. The summed E-state index contributed by atoms with van der Waals surface area (Å²) in [7, 11) is 0. The lowest BCUT2D eigenvalue weighted by Crippen LogP contribution is -2.62. The fourth-order valence-corrected chi connectivity index (χ4v) is 13.9. The van der Waals surface area contributed by atoms with E-state index in [1.165, 1.54) is 68.2 Å². The molecule has 4 N–H and O–H groups in total. The number of hydrogen-bond donors (Lipinski definition) is 4. The first-order chi connectivity index (χ1) is 47.7. The zero-order valence-electron chi connectivity index (χ0n) is 57.0. The summed E-state index contributed by atoms with van der Waals surface area (Å²) in [6.45, 7) is 7.41. The van der Waals surface area contributed by atoms with Crippen LogP contribution in [-0.4, -0.2) is 259 Å². The molecule has 0 aromatic carbocycles. The molecule has 548 valence electrons. The molecule has 1 saturated heterocycles. The summed E-state index contributed by atoms with van der Waals surface area (Å²) >= 11 is 6.83. The Labute approximate surface area is 594 Å². The van der Waals surface area contributed by atoms with E-state index in [0.717, 1.165) is 74.4 Å². The lowest BCUT2D eigenvalue weighted by molar-refractivity contribution is -0.320. The first-order valence-corrected chi connectivity index (χ1v) is 39.5. The van der Waals surface area contributed by atoms with Gasteiger partial charge in [0.05, 0.1) is 33.0 Å². The van der Waals surface area contributed by atoms with Crippen LogP contribution in [0.25, 0.3) is 0 Å². The predicted octanol–water partition coefficient (Wildman–Crippen LogP) is 4.82. The van der Waals surface area contributed by atoms with E-state index in [1.54, 1.807) is 47.0 Å². The first kappa shape index (κ1) is 83.2. The van der Waals surface area contributed by atoms with Gasteiger partial charge in [0.15, 0.2) is 6.29 Å². The van der Waals surface area contributed by atoms with Crippen molar-refractivity contribution >= 4 is 118 Å². The average Bonchev–Trinajstić information content (AvgIpc) is 1.21. The van der Waals surface area contributed by atoms with Crippen molar-refractivity contribution in [2.75, 3.05) is 138 Å². The maximum absolute atomic E-state index is 12.6. The highest BCUT2D eigenvalue weighted by atomic mass is 32.2. The largest absolute Gasteiger partial charge is 0.378 e. The number of unbranched alkanes of at least 4 members (excludes halogenated alkanes) is 8. The summed E-state index contributed by atoms with van der Waals surface area (Å²) in [6, 6.07) is 0. The number of thioether (sulfide) groups is 4. The molecule has 0 unspecified atom stereocenters. The zero-order valence-corrected chi connectivity index (χ0v) is 60.2. The summed E-state index contributed by atoms with van der Waals surface area (Å²) in [5, 5.41) is 12.0. The zero-order chi connectivity index (χ0) is 70.4. The van der Waals surface area contributed by atoms with Gasteiger partial charge in [-0.15, -0.1) is 0 Å². The molecule has 0 radical (unpaired) electrons. The molecular weight excluding hydrogens is 1350 g/mol. The number of hydrogen-bond acceptors (Lipinski definition) is 22. The first-order valence-electron chi connectivity index (χ1n) is 34.9. The standard InChI is InChI=1S/C68H104N8O18S4/c1-2-90-68-67(93-42-50-98-46-18-34-72-56(80)22-10-6-14-38-76-63(87)29-30-64(76)88)66(92-41-49-97-45-17-33-71-55(79)21-9-5-13-37-75-61(85)27-28-62(75)86)65(91-40-48-96-44-16-32-70-54(78)20-8-4-12-36-74-59(83)25-26-60(74)84)52(94-68)51-89-39-47-95-43-15-31-69-53(77)19-7-3-11-35-73-57(81)23-24-58(73)82/h23-30,52,65-68H,2-22,31-51H2,1H3,(H,69,77)(H,70,78)(H,71,79)(H,72,80)/t52-,65+,66+,67-,68+/m1/s1. The monoisotopic (exact) mass is 1450 g/mol. The Morgan fingerprint density at radius 2 is 0.643 bits per heavy atom. The van der Waals surface area contributed by atoms with Crippen molar-refractivity contribution in [2.45, 2.75) is 166 Å².